The SMILES string of the molecule is c1ccc(-c2cccc(-c3cccc(-c4cccc(-c5ccc(-c6nc(-c7cccc(-c8cccc(-c9cccc(-n%10c%11ccccc%11c%11ccccc%11%10)c9)c8)c7)nc(-c7cccc(-c8cccc(-c9cccc(-n%10c%11ccccc%11c%11ccccc%11%10)c9)c8)c7)n6)cc5)c4)c3)c2)cc1. The van der Waals surface area contributed by atoms with Gasteiger partial charge in [-0.15, -0.1) is 0 Å². The highest BCUT2D eigenvalue weighted by Crippen LogP contribution is 2.40. The van der Waals surface area contributed by atoms with Crippen molar-refractivity contribution in [1.29, 1.82) is 0 Å². The fraction of sp³-hybridized carbons (Fsp3) is 0. The summed E-state index contributed by atoms with van der Waals surface area (Å²) in [4.78, 5) is 16.1. The Morgan fingerprint density at radius 2 is 0.347 bits per heavy atom. The average molecular weight is 1250 g/mol. The van der Waals surface area contributed by atoms with Crippen LogP contribution < -0.4 is 0 Å². The van der Waals surface area contributed by atoms with Gasteiger partial charge in [0.1, 0.15) is 0 Å². The fourth-order valence-corrected chi connectivity index (χ4v) is 14.3. The molecule has 0 aliphatic carbocycles. The lowest BCUT2D eigenvalue weighted by Crippen LogP contribution is -2.00. The zero-order valence-electron chi connectivity index (χ0n) is 53.5. The summed E-state index contributed by atoms with van der Waals surface area (Å²) in [6.07, 6.45) is 0. The summed E-state index contributed by atoms with van der Waals surface area (Å²) < 4.78 is 4.76. The maximum Gasteiger partial charge on any atom is 0.164 e. The third-order valence-electron chi connectivity index (χ3n) is 19.1. The van der Waals surface area contributed by atoms with E-state index < -0.39 is 0 Å². The second kappa shape index (κ2) is 24.7. The van der Waals surface area contributed by atoms with E-state index >= 15 is 0 Å². The van der Waals surface area contributed by atoms with E-state index in [0.29, 0.717) is 17.5 Å². The van der Waals surface area contributed by atoms with Crippen LogP contribution in [-0.2, 0) is 0 Å². The van der Waals surface area contributed by atoms with Gasteiger partial charge in [-0.2, -0.15) is 0 Å². The van der Waals surface area contributed by atoms with Crippen LogP contribution in [0.1, 0.15) is 0 Å². The highest BCUT2D eigenvalue weighted by Gasteiger charge is 2.19. The van der Waals surface area contributed by atoms with E-state index in [2.05, 4.69) is 379 Å². The number of rotatable bonds is 13. The van der Waals surface area contributed by atoms with Gasteiger partial charge in [-0.05, 0) is 180 Å². The van der Waals surface area contributed by atoms with E-state index in [1.807, 2.05) is 0 Å². The van der Waals surface area contributed by atoms with E-state index in [-0.39, 0.29) is 0 Å². The summed E-state index contributed by atoms with van der Waals surface area (Å²) >= 11 is 0. The first-order chi connectivity index (χ1) is 48.5. The fourth-order valence-electron chi connectivity index (χ4n) is 14.3. The number of hydrogen-bond donors (Lipinski definition) is 0. The summed E-state index contributed by atoms with van der Waals surface area (Å²) in [5.74, 6) is 1.76. The van der Waals surface area contributed by atoms with Crippen molar-refractivity contribution in [2.45, 2.75) is 0 Å². The zero-order chi connectivity index (χ0) is 64.9. The number of nitrogens with zero attached hydrogens (tertiary/aromatic N) is 5. The largest absolute Gasteiger partial charge is 0.309 e. The molecule has 0 fully saturated rings. The van der Waals surface area contributed by atoms with Crippen molar-refractivity contribution < 1.29 is 0 Å². The van der Waals surface area contributed by atoms with Gasteiger partial charge in [-0.1, -0.05) is 279 Å². The molecule has 5 nitrogen and oxygen atoms in total. The Hall–Kier alpha value is -13.1. The first kappa shape index (κ1) is 57.6. The molecule has 15 aromatic carbocycles. The van der Waals surface area contributed by atoms with Crippen LogP contribution in [0, 0.1) is 0 Å². The van der Waals surface area contributed by atoms with E-state index in [4.69, 9.17) is 15.0 Å². The van der Waals surface area contributed by atoms with Crippen molar-refractivity contribution in [3.8, 4) is 135 Å². The molecule has 458 valence electrons. The van der Waals surface area contributed by atoms with Gasteiger partial charge in [0.2, 0.25) is 0 Å². The van der Waals surface area contributed by atoms with Crippen LogP contribution in [0.25, 0.3) is 178 Å². The summed E-state index contributed by atoms with van der Waals surface area (Å²) in [7, 11) is 0. The van der Waals surface area contributed by atoms with Crippen LogP contribution in [0.5, 0.6) is 0 Å². The van der Waals surface area contributed by atoms with E-state index in [1.54, 1.807) is 0 Å². The molecule has 0 amide bonds. The molecule has 98 heavy (non-hydrogen) atoms. The molecule has 0 spiro atoms. The molecule has 5 heteroatoms. The lowest BCUT2D eigenvalue weighted by molar-refractivity contribution is 1.07. The topological polar surface area (TPSA) is 48.5 Å². The molecule has 0 radical (unpaired) electrons. The molecule has 0 bridgehead atoms. The first-order valence-corrected chi connectivity index (χ1v) is 33.4. The van der Waals surface area contributed by atoms with Gasteiger partial charge in [-0.3, -0.25) is 0 Å². The molecule has 0 aliphatic heterocycles. The van der Waals surface area contributed by atoms with Crippen molar-refractivity contribution in [3.63, 3.8) is 0 Å². The standard InChI is InChI=1S/C93H61N5/c1-2-21-62(22-3-1)65-23-12-25-67(53-65)69-27-14-28-70(55-69)68-26-13-24-66(54-68)63-49-51-64(52-50-63)91-94-92(79-37-17-33-75(58-79)71-29-15-31-73(56-71)77-35-19-39-81(60-77)97-87-45-8-4-41-83(87)84-42-5-9-46-88(84)97)96-93(95-91)80-38-18-34-76(59-80)72-30-16-32-74(57-72)78-36-20-40-82(61-78)98-89-47-10-6-43-85(89)86-44-7-11-48-90(86)98/h1-61H. The third-order valence-corrected chi connectivity index (χ3v) is 19.1. The lowest BCUT2D eigenvalue weighted by atomic mass is 9.94. The second-order valence-electron chi connectivity index (χ2n) is 25.2. The molecular formula is C93H61N5. The minimum atomic E-state index is 0.586. The number of benzene rings is 15. The lowest BCUT2D eigenvalue weighted by Gasteiger charge is -2.13. The predicted octanol–water partition coefficient (Wildman–Crippen LogP) is 24.4. The minimum absolute atomic E-state index is 0.586. The molecule has 18 rings (SSSR count). The monoisotopic (exact) mass is 1250 g/mol. The van der Waals surface area contributed by atoms with Gasteiger partial charge in [0, 0.05) is 49.6 Å². The Bertz CT molecular complexity index is 5700. The van der Waals surface area contributed by atoms with Gasteiger partial charge in [0.25, 0.3) is 0 Å². The molecule has 0 saturated carbocycles. The molecule has 0 saturated heterocycles. The maximum absolute atomic E-state index is 5.37. The summed E-state index contributed by atoms with van der Waals surface area (Å²) in [6, 6.07) is 133. The van der Waals surface area contributed by atoms with Crippen LogP contribution >= 0.6 is 0 Å². The highest BCUT2D eigenvalue weighted by atomic mass is 15.0. The average Bonchev–Trinajstić information content (AvgIpc) is 1.71. The molecule has 3 heterocycles. The van der Waals surface area contributed by atoms with Crippen LogP contribution in [0.4, 0.5) is 0 Å². The molecule has 18 aromatic rings. The number of para-hydroxylation sites is 4. The highest BCUT2D eigenvalue weighted by molar-refractivity contribution is 6.10. The van der Waals surface area contributed by atoms with Crippen LogP contribution in [-0.4, -0.2) is 24.1 Å². The molecule has 0 aliphatic rings. The van der Waals surface area contributed by atoms with Gasteiger partial charge in [0.15, 0.2) is 17.5 Å². The van der Waals surface area contributed by atoms with E-state index in [0.717, 1.165) is 94.8 Å². The molecular weight excluding hydrogens is 1190 g/mol. The van der Waals surface area contributed by atoms with Crippen LogP contribution in [0.2, 0.25) is 0 Å². The molecule has 0 unspecified atom stereocenters. The number of aromatic nitrogens is 5. The van der Waals surface area contributed by atoms with E-state index in [1.165, 1.54) is 65.9 Å². The molecule has 0 N–H and O–H groups in total. The summed E-state index contributed by atoms with van der Waals surface area (Å²) in [5, 5.41) is 4.97. The Morgan fingerprint density at radius 3 is 0.663 bits per heavy atom. The van der Waals surface area contributed by atoms with Crippen molar-refractivity contribution in [2.75, 3.05) is 0 Å². The summed E-state index contributed by atoms with van der Waals surface area (Å²) in [5.41, 5.74) is 27.8. The Kier molecular flexibility index (Phi) is 14.5. The van der Waals surface area contributed by atoms with Crippen LogP contribution in [0.3, 0.4) is 0 Å². The number of hydrogen-bond acceptors (Lipinski definition) is 3. The van der Waals surface area contributed by atoms with E-state index in [9.17, 15) is 0 Å². The van der Waals surface area contributed by atoms with Crippen molar-refractivity contribution in [1.82, 2.24) is 24.1 Å². The summed E-state index contributed by atoms with van der Waals surface area (Å²) in [6.45, 7) is 0. The predicted molar refractivity (Wildman–Crippen MR) is 408 cm³/mol. The smallest absolute Gasteiger partial charge is 0.164 e. The van der Waals surface area contributed by atoms with Crippen molar-refractivity contribution in [3.05, 3.63) is 370 Å². The van der Waals surface area contributed by atoms with Crippen molar-refractivity contribution >= 4 is 43.6 Å². The van der Waals surface area contributed by atoms with Gasteiger partial charge in [-0.25, -0.2) is 15.0 Å². The normalized spacial score (nSPS) is 11.5. The first-order valence-electron chi connectivity index (χ1n) is 33.4. The molecule has 3 aromatic heterocycles. The Labute approximate surface area is 568 Å². The molecule has 0 atom stereocenters. The van der Waals surface area contributed by atoms with Crippen molar-refractivity contribution in [2.24, 2.45) is 0 Å². The van der Waals surface area contributed by atoms with Crippen LogP contribution in [0.15, 0.2) is 370 Å². The van der Waals surface area contributed by atoms with Gasteiger partial charge in [0.05, 0.1) is 22.1 Å². The number of fused-ring (bicyclic) bond motifs is 6. The van der Waals surface area contributed by atoms with Gasteiger partial charge >= 0.3 is 0 Å². The van der Waals surface area contributed by atoms with Gasteiger partial charge < -0.3 is 9.13 Å². The maximum atomic E-state index is 5.37. The quantitative estimate of drug-likeness (QED) is 0.116. The Morgan fingerprint density at radius 1 is 0.143 bits per heavy atom. The minimum Gasteiger partial charge on any atom is -0.309 e. The third kappa shape index (κ3) is 10.8. The second-order valence-corrected chi connectivity index (χ2v) is 25.2. The zero-order valence-corrected chi connectivity index (χ0v) is 53.5. The Balaban J connectivity index is 0.691.